The van der Waals surface area contributed by atoms with Crippen LogP contribution in [-0.4, -0.2) is 81.3 Å². The van der Waals surface area contributed by atoms with Crippen LogP contribution in [0.15, 0.2) is 11.1 Å². The molecule has 0 aromatic heterocycles. The summed E-state index contributed by atoms with van der Waals surface area (Å²) in [5, 5.41) is 18.0. The summed E-state index contributed by atoms with van der Waals surface area (Å²) >= 11 is 0. The van der Waals surface area contributed by atoms with E-state index in [9.17, 15) is 9.59 Å². The van der Waals surface area contributed by atoms with Crippen molar-refractivity contribution in [1.82, 2.24) is 0 Å². The monoisotopic (exact) mass is 258 g/mol. The van der Waals surface area contributed by atoms with Crippen molar-refractivity contribution >= 4 is 71.1 Å². The van der Waals surface area contributed by atoms with E-state index in [0.29, 0.717) is 0 Å². The molecule has 0 aromatic carbocycles. The van der Waals surface area contributed by atoms with Gasteiger partial charge in [-0.2, -0.15) is 0 Å². The first kappa shape index (κ1) is 20.0. The molecule has 0 unspecified atom stereocenters. The minimum atomic E-state index is -1.10. The molecule has 0 amide bonds. The summed E-state index contributed by atoms with van der Waals surface area (Å²) in [5.74, 6) is -2.23. The van der Waals surface area contributed by atoms with Crippen molar-refractivity contribution < 1.29 is 19.8 Å². The molecule has 0 atom stereocenters. The molecule has 86 valence electrons. The van der Waals surface area contributed by atoms with Crippen LogP contribution in [0.25, 0.3) is 0 Å². The first-order valence-corrected chi connectivity index (χ1v) is 5.27. The Hall–Kier alpha value is 0.680. The molecule has 0 bridgehead atoms. The molecule has 0 saturated heterocycles. The molecule has 1 aliphatic carbocycles. The van der Waals surface area contributed by atoms with Crippen molar-refractivity contribution in [3.05, 3.63) is 11.1 Å². The quantitative estimate of drug-likeness (QED) is 0.588. The van der Waals surface area contributed by atoms with Crippen LogP contribution in [0.1, 0.15) is 39.0 Å². The SMILES string of the molecule is CC/C(C(=O)O)=C(/C(=O)O)C1CCCC1.[Na].[Na]. The minimum Gasteiger partial charge on any atom is -0.478 e. The molecule has 2 N–H and O–H groups in total. The Bertz CT molecular complexity index is 307. The second kappa shape index (κ2) is 9.59. The Kier molecular flexibility index (Phi) is 11.3. The molecule has 0 spiro atoms. The van der Waals surface area contributed by atoms with Gasteiger partial charge in [-0.25, -0.2) is 9.59 Å². The molecule has 1 rings (SSSR count). The van der Waals surface area contributed by atoms with E-state index in [1.54, 1.807) is 6.92 Å². The van der Waals surface area contributed by atoms with E-state index in [1.165, 1.54) is 0 Å². The molecule has 0 aromatic rings. The molecular weight excluding hydrogens is 242 g/mol. The fourth-order valence-corrected chi connectivity index (χ4v) is 2.22. The van der Waals surface area contributed by atoms with Crippen molar-refractivity contribution in [2.24, 2.45) is 5.92 Å². The van der Waals surface area contributed by atoms with Crippen molar-refractivity contribution in [2.45, 2.75) is 39.0 Å². The van der Waals surface area contributed by atoms with Gasteiger partial charge >= 0.3 is 11.9 Å². The van der Waals surface area contributed by atoms with Crippen LogP contribution in [0.3, 0.4) is 0 Å². The maximum atomic E-state index is 11.1. The van der Waals surface area contributed by atoms with E-state index in [1.807, 2.05) is 0 Å². The number of rotatable bonds is 4. The average molecular weight is 258 g/mol. The van der Waals surface area contributed by atoms with Crippen molar-refractivity contribution in [1.29, 1.82) is 0 Å². The Morgan fingerprint density at radius 3 is 1.82 bits per heavy atom. The van der Waals surface area contributed by atoms with Gasteiger partial charge in [0.2, 0.25) is 0 Å². The fourth-order valence-electron chi connectivity index (χ4n) is 2.22. The van der Waals surface area contributed by atoms with Crippen LogP contribution in [0.2, 0.25) is 0 Å². The summed E-state index contributed by atoms with van der Waals surface area (Å²) in [7, 11) is 0. The van der Waals surface area contributed by atoms with Crippen LogP contribution in [0.5, 0.6) is 0 Å². The van der Waals surface area contributed by atoms with E-state index in [2.05, 4.69) is 0 Å². The minimum absolute atomic E-state index is 0. The number of carboxylic acids is 2. The topological polar surface area (TPSA) is 74.6 Å². The summed E-state index contributed by atoms with van der Waals surface area (Å²) in [6, 6.07) is 0. The van der Waals surface area contributed by atoms with Crippen LogP contribution in [-0.2, 0) is 9.59 Å². The van der Waals surface area contributed by atoms with E-state index in [4.69, 9.17) is 10.2 Å². The number of carbonyl (C=O) groups is 2. The summed E-state index contributed by atoms with van der Waals surface area (Å²) in [6.07, 6.45) is 3.88. The van der Waals surface area contributed by atoms with Gasteiger partial charge in [0.15, 0.2) is 0 Å². The summed E-state index contributed by atoms with van der Waals surface area (Å²) < 4.78 is 0. The van der Waals surface area contributed by atoms with Gasteiger partial charge in [-0.05, 0) is 25.2 Å². The predicted molar refractivity (Wildman–Crippen MR) is 66.1 cm³/mol. The van der Waals surface area contributed by atoms with E-state index >= 15 is 0 Å². The number of hydrogen-bond donors (Lipinski definition) is 2. The summed E-state index contributed by atoms with van der Waals surface area (Å²) in [6.45, 7) is 1.68. The van der Waals surface area contributed by atoms with Crippen LogP contribution in [0, 0.1) is 5.92 Å². The molecule has 1 aliphatic rings. The fraction of sp³-hybridized carbons (Fsp3) is 0.636. The van der Waals surface area contributed by atoms with Crippen molar-refractivity contribution in [3.8, 4) is 0 Å². The largest absolute Gasteiger partial charge is 0.478 e. The third kappa shape index (κ3) is 5.45. The first-order valence-electron chi connectivity index (χ1n) is 5.27. The van der Waals surface area contributed by atoms with Gasteiger partial charge in [0, 0.05) is 64.7 Å². The maximum absolute atomic E-state index is 11.1. The number of carboxylic acid groups (broad SMARTS) is 2. The summed E-state index contributed by atoms with van der Waals surface area (Å²) in [4.78, 5) is 22.0. The summed E-state index contributed by atoms with van der Waals surface area (Å²) in [5.41, 5.74) is 0.192. The predicted octanol–water partition coefficient (Wildman–Crippen LogP) is 1.29. The molecule has 0 aliphatic heterocycles. The zero-order chi connectivity index (χ0) is 11.4. The standard InChI is InChI=1S/C11H16O4.2Na/c1-2-8(10(12)13)9(11(14)15)7-5-3-4-6-7;;/h7H,2-6H2,1H3,(H,12,13)(H,14,15);;/b9-8-;;. The Morgan fingerprint density at radius 2 is 1.53 bits per heavy atom. The van der Waals surface area contributed by atoms with Crippen molar-refractivity contribution in [2.75, 3.05) is 0 Å². The Morgan fingerprint density at radius 1 is 1.06 bits per heavy atom. The third-order valence-electron chi connectivity index (χ3n) is 2.93. The molecule has 1 fully saturated rings. The molecule has 2 radical (unpaired) electrons. The molecule has 17 heavy (non-hydrogen) atoms. The zero-order valence-electron chi connectivity index (χ0n) is 10.8. The van der Waals surface area contributed by atoms with E-state index in [-0.39, 0.29) is 82.6 Å². The van der Waals surface area contributed by atoms with Crippen LogP contribution in [0.4, 0.5) is 0 Å². The van der Waals surface area contributed by atoms with Crippen LogP contribution < -0.4 is 0 Å². The van der Waals surface area contributed by atoms with Gasteiger partial charge in [0.1, 0.15) is 0 Å². The molecule has 1 saturated carbocycles. The van der Waals surface area contributed by atoms with Gasteiger partial charge < -0.3 is 10.2 Å². The van der Waals surface area contributed by atoms with E-state index in [0.717, 1.165) is 25.7 Å². The normalized spacial score (nSPS) is 16.5. The molecule has 0 heterocycles. The van der Waals surface area contributed by atoms with E-state index < -0.39 is 11.9 Å². The van der Waals surface area contributed by atoms with Gasteiger partial charge in [-0.1, -0.05) is 19.8 Å². The Balaban J connectivity index is 0. The third-order valence-corrected chi connectivity index (χ3v) is 2.93. The van der Waals surface area contributed by atoms with Crippen LogP contribution >= 0.6 is 0 Å². The second-order valence-electron chi connectivity index (χ2n) is 3.84. The first-order chi connectivity index (χ1) is 7.07. The maximum Gasteiger partial charge on any atom is 0.332 e. The van der Waals surface area contributed by atoms with Gasteiger partial charge in [-0.3, -0.25) is 0 Å². The van der Waals surface area contributed by atoms with Gasteiger partial charge in [0.25, 0.3) is 0 Å². The average Bonchev–Trinajstić information content (AvgIpc) is 2.64. The van der Waals surface area contributed by atoms with Crippen molar-refractivity contribution in [3.63, 3.8) is 0 Å². The molecule has 4 nitrogen and oxygen atoms in total. The van der Waals surface area contributed by atoms with Gasteiger partial charge in [0.05, 0.1) is 5.57 Å². The smallest absolute Gasteiger partial charge is 0.332 e. The zero-order valence-corrected chi connectivity index (χ0v) is 14.8. The number of hydrogen-bond acceptors (Lipinski definition) is 2. The second-order valence-corrected chi connectivity index (χ2v) is 3.84. The molecular formula is C11H16Na2O4. The van der Waals surface area contributed by atoms with Gasteiger partial charge in [-0.15, -0.1) is 0 Å². The number of aliphatic carboxylic acids is 2. The Labute approximate surface area is 145 Å². The molecule has 6 heteroatoms.